The summed E-state index contributed by atoms with van der Waals surface area (Å²) in [5, 5.41) is 9.69. The fourth-order valence-corrected chi connectivity index (χ4v) is 3.68. The van der Waals surface area contributed by atoms with Crippen LogP contribution in [-0.2, 0) is 17.8 Å². The van der Waals surface area contributed by atoms with Gasteiger partial charge in [-0.3, -0.25) is 9.69 Å². The van der Waals surface area contributed by atoms with Crippen molar-refractivity contribution >= 4 is 5.91 Å². The molecule has 0 aromatic heterocycles. The van der Waals surface area contributed by atoms with Crippen LogP contribution in [0.5, 0.6) is 0 Å². The molecule has 2 aliphatic heterocycles. The highest BCUT2D eigenvalue weighted by atomic mass is 16.3. The Hall–Kier alpha value is -1.39. The first-order valence-electron chi connectivity index (χ1n) is 7.96. The van der Waals surface area contributed by atoms with Crippen molar-refractivity contribution in [2.24, 2.45) is 0 Å². The molecule has 1 aromatic carbocycles. The predicted octanol–water partition coefficient (Wildman–Crippen LogP) is 1.42. The van der Waals surface area contributed by atoms with E-state index in [2.05, 4.69) is 24.0 Å². The molecular formula is C17H24N2O2. The summed E-state index contributed by atoms with van der Waals surface area (Å²) < 4.78 is 0. The van der Waals surface area contributed by atoms with Crippen LogP contribution in [0.15, 0.2) is 24.3 Å². The van der Waals surface area contributed by atoms with Crippen LogP contribution in [0.4, 0.5) is 0 Å². The molecule has 1 N–H and O–H groups in total. The van der Waals surface area contributed by atoms with Gasteiger partial charge in [0, 0.05) is 6.54 Å². The number of aliphatic hydroxyl groups is 1. The second-order valence-corrected chi connectivity index (χ2v) is 6.06. The second-order valence-electron chi connectivity index (χ2n) is 6.06. The van der Waals surface area contributed by atoms with Gasteiger partial charge < -0.3 is 10.0 Å². The van der Waals surface area contributed by atoms with Crippen LogP contribution < -0.4 is 0 Å². The Bertz CT molecular complexity index is 517. The Morgan fingerprint density at radius 3 is 2.81 bits per heavy atom. The van der Waals surface area contributed by atoms with Gasteiger partial charge in [-0.1, -0.05) is 31.2 Å². The van der Waals surface area contributed by atoms with Crippen molar-refractivity contribution in [1.29, 1.82) is 0 Å². The van der Waals surface area contributed by atoms with Crippen LogP contribution >= 0.6 is 0 Å². The molecule has 1 unspecified atom stereocenters. The molecule has 4 nitrogen and oxygen atoms in total. The van der Waals surface area contributed by atoms with E-state index >= 15 is 0 Å². The van der Waals surface area contributed by atoms with Gasteiger partial charge >= 0.3 is 0 Å². The molecule has 1 aromatic rings. The largest absolute Gasteiger partial charge is 0.394 e. The van der Waals surface area contributed by atoms with Gasteiger partial charge in [-0.2, -0.15) is 0 Å². The number of hydrogen-bond acceptors (Lipinski definition) is 3. The minimum absolute atomic E-state index is 0.00862. The Kier molecular flexibility index (Phi) is 4.27. The van der Waals surface area contributed by atoms with Gasteiger partial charge in [-0.25, -0.2) is 0 Å². The van der Waals surface area contributed by atoms with Crippen molar-refractivity contribution < 1.29 is 9.90 Å². The maximum absolute atomic E-state index is 12.9. The van der Waals surface area contributed by atoms with E-state index < -0.39 is 0 Å². The highest BCUT2D eigenvalue weighted by Gasteiger charge is 2.37. The zero-order valence-corrected chi connectivity index (χ0v) is 12.7. The second kappa shape index (κ2) is 6.16. The molecule has 3 rings (SSSR count). The van der Waals surface area contributed by atoms with Crippen molar-refractivity contribution in [2.45, 2.75) is 44.8 Å². The van der Waals surface area contributed by atoms with Crippen molar-refractivity contribution in [3.63, 3.8) is 0 Å². The van der Waals surface area contributed by atoms with E-state index in [4.69, 9.17) is 0 Å². The van der Waals surface area contributed by atoms with Gasteiger partial charge in [0.05, 0.1) is 18.7 Å². The van der Waals surface area contributed by atoms with Gasteiger partial charge in [0.1, 0.15) is 0 Å². The van der Waals surface area contributed by atoms with Gasteiger partial charge in [-0.05, 0) is 43.5 Å². The zero-order chi connectivity index (χ0) is 14.8. The number of benzene rings is 1. The lowest BCUT2D eigenvalue weighted by Gasteiger charge is -2.38. The third kappa shape index (κ3) is 2.70. The predicted molar refractivity (Wildman–Crippen MR) is 81.8 cm³/mol. The van der Waals surface area contributed by atoms with Crippen molar-refractivity contribution in [1.82, 2.24) is 9.80 Å². The molecule has 0 spiro atoms. The van der Waals surface area contributed by atoms with Crippen LogP contribution in [-0.4, -0.2) is 52.6 Å². The molecule has 0 saturated carbocycles. The normalized spacial score (nSPS) is 25.9. The number of rotatable bonds is 3. The molecule has 1 saturated heterocycles. The highest BCUT2D eigenvalue weighted by molar-refractivity contribution is 5.83. The van der Waals surface area contributed by atoms with E-state index in [1.54, 1.807) is 0 Å². The topological polar surface area (TPSA) is 43.8 Å². The van der Waals surface area contributed by atoms with E-state index in [9.17, 15) is 9.90 Å². The average molecular weight is 288 g/mol. The Morgan fingerprint density at radius 1 is 1.33 bits per heavy atom. The van der Waals surface area contributed by atoms with E-state index in [1.165, 1.54) is 11.1 Å². The van der Waals surface area contributed by atoms with Crippen LogP contribution in [0.2, 0.25) is 0 Å². The quantitative estimate of drug-likeness (QED) is 0.915. The van der Waals surface area contributed by atoms with Gasteiger partial charge in [0.15, 0.2) is 0 Å². The molecule has 2 heterocycles. The lowest BCUT2D eigenvalue weighted by Crippen LogP contribution is -2.52. The van der Waals surface area contributed by atoms with E-state index in [0.29, 0.717) is 6.54 Å². The molecule has 21 heavy (non-hydrogen) atoms. The standard InChI is InChI=1S/C17H24N2O2/c1-2-18-9-5-8-16(18)17(21)19-11-14-7-4-3-6-13(14)10-15(19)12-20/h3-4,6-7,15-16,20H,2,5,8-12H2,1H3/t15-,16?/m1/s1. The number of likely N-dealkylation sites (N-methyl/N-ethyl adjacent to an activating group) is 1. The smallest absolute Gasteiger partial charge is 0.240 e. The molecule has 1 fully saturated rings. The first kappa shape index (κ1) is 14.5. The summed E-state index contributed by atoms with van der Waals surface area (Å²) >= 11 is 0. The summed E-state index contributed by atoms with van der Waals surface area (Å²) in [6.45, 7) is 4.72. The van der Waals surface area contributed by atoms with E-state index in [1.807, 2.05) is 17.0 Å². The first-order valence-corrected chi connectivity index (χ1v) is 7.96. The van der Waals surface area contributed by atoms with Crippen LogP contribution in [0.25, 0.3) is 0 Å². The zero-order valence-electron chi connectivity index (χ0n) is 12.7. The number of likely N-dealkylation sites (tertiary alicyclic amines) is 1. The molecule has 2 aliphatic rings. The third-order valence-electron chi connectivity index (χ3n) is 4.90. The molecule has 4 heteroatoms. The molecule has 1 amide bonds. The molecule has 0 aliphatic carbocycles. The molecule has 0 bridgehead atoms. The molecule has 0 radical (unpaired) electrons. The Labute approximate surface area is 126 Å². The minimum atomic E-state index is -0.0771. The maximum Gasteiger partial charge on any atom is 0.240 e. The Balaban J connectivity index is 1.82. The SMILES string of the molecule is CCN1CCCC1C(=O)N1Cc2ccccc2C[C@@H]1CO. The average Bonchev–Trinajstić information content (AvgIpc) is 3.01. The van der Waals surface area contributed by atoms with E-state index in [-0.39, 0.29) is 24.6 Å². The summed E-state index contributed by atoms with van der Waals surface area (Å²) in [6, 6.07) is 8.18. The summed E-state index contributed by atoms with van der Waals surface area (Å²) in [4.78, 5) is 17.1. The molecule has 2 atom stereocenters. The number of carbonyl (C=O) groups excluding carboxylic acids is 1. The van der Waals surface area contributed by atoms with Gasteiger partial charge in [-0.15, -0.1) is 0 Å². The van der Waals surface area contributed by atoms with Crippen molar-refractivity contribution in [2.75, 3.05) is 19.7 Å². The van der Waals surface area contributed by atoms with Gasteiger partial charge in [0.25, 0.3) is 0 Å². The molecular weight excluding hydrogens is 264 g/mol. The highest BCUT2D eigenvalue weighted by Crippen LogP contribution is 2.27. The number of nitrogens with zero attached hydrogens (tertiary/aromatic N) is 2. The fraction of sp³-hybridized carbons (Fsp3) is 0.588. The van der Waals surface area contributed by atoms with Crippen LogP contribution in [0.1, 0.15) is 30.9 Å². The first-order chi connectivity index (χ1) is 10.2. The van der Waals surface area contributed by atoms with Crippen LogP contribution in [0.3, 0.4) is 0 Å². The van der Waals surface area contributed by atoms with Crippen molar-refractivity contribution in [3.8, 4) is 0 Å². The Morgan fingerprint density at radius 2 is 2.10 bits per heavy atom. The van der Waals surface area contributed by atoms with E-state index in [0.717, 1.165) is 32.4 Å². The summed E-state index contributed by atoms with van der Waals surface area (Å²) in [6.07, 6.45) is 2.80. The third-order valence-corrected chi connectivity index (χ3v) is 4.90. The van der Waals surface area contributed by atoms with Crippen LogP contribution in [0, 0.1) is 0 Å². The summed E-state index contributed by atoms with van der Waals surface area (Å²) in [7, 11) is 0. The maximum atomic E-state index is 12.9. The number of carbonyl (C=O) groups is 1. The number of hydrogen-bond donors (Lipinski definition) is 1. The molecule has 114 valence electrons. The lowest BCUT2D eigenvalue weighted by molar-refractivity contribution is -0.140. The minimum Gasteiger partial charge on any atom is -0.394 e. The van der Waals surface area contributed by atoms with Gasteiger partial charge in [0.2, 0.25) is 5.91 Å². The van der Waals surface area contributed by atoms with Crippen molar-refractivity contribution in [3.05, 3.63) is 35.4 Å². The fourth-order valence-electron chi connectivity index (χ4n) is 3.68. The lowest BCUT2D eigenvalue weighted by atomic mass is 9.93. The summed E-state index contributed by atoms with van der Waals surface area (Å²) in [5.41, 5.74) is 2.48. The number of amides is 1. The summed E-state index contributed by atoms with van der Waals surface area (Å²) in [5.74, 6) is 0.197. The number of fused-ring (bicyclic) bond motifs is 1. The monoisotopic (exact) mass is 288 g/mol. The number of aliphatic hydroxyl groups excluding tert-OH is 1.